The summed E-state index contributed by atoms with van der Waals surface area (Å²) in [6.07, 6.45) is -4.49. The number of aryl methyl sites for hydroxylation is 1. The first-order valence-corrected chi connectivity index (χ1v) is 9.99. The average Bonchev–Trinajstić information content (AvgIpc) is 3.46. The second kappa shape index (κ2) is 8.54. The second-order valence-electron chi connectivity index (χ2n) is 7.28. The number of nitrogens with one attached hydrogen (secondary N) is 1. The molecule has 0 amide bonds. The number of hydrogen-bond donors (Lipinski definition) is 1. The summed E-state index contributed by atoms with van der Waals surface area (Å²) in [5, 5.41) is 14.8. The molecule has 0 fully saturated rings. The molecule has 4 aromatic heterocycles. The normalized spacial score (nSPS) is 11.6. The topological polar surface area (TPSA) is 86.3 Å². The van der Waals surface area contributed by atoms with Crippen molar-refractivity contribution in [1.82, 2.24) is 34.5 Å². The fraction of sp³-hybridized carbons (Fsp3) is 0.136. The number of anilines is 2. The SMILES string of the molecule is Cc1ccc(Nc2ccc3c(c2)ncn3-c2cc[c]c(-n3nc(C(F)F)cc3C(F)F)n2)nn1. The van der Waals surface area contributed by atoms with Crippen molar-refractivity contribution in [1.29, 1.82) is 0 Å². The number of alkyl halides is 4. The van der Waals surface area contributed by atoms with E-state index in [2.05, 4.69) is 36.6 Å². The standard InChI is InChI=1S/C22H15F4N8/c1-12-5-8-18(31-30-12)28-13-6-7-16-14(9-13)27-11-33(16)19-3-2-4-20(29-19)34-17(22(25)26)10-15(32-34)21(23)24/h2-3,5-11,21-22H,1H3,(H,28,31). The highest BCUT2D eigenvalue weighted by Gasteiger charge is 2.23. The van der Waals surface area contributed by atoms with Crippen LogP contribution in [-0.4, -0.2) is 34.5 Å². The number of fused-ring (bicyclic) bond motifs is 1. The summed E-state index contributed by atoms with van der Waals surface area (Å²) in [4.78, 5) is 8.69. The van der Waals surface area contributed by atoms with Crippen LogP contribution in [0.5, 0.6) is 0 Å². The Morgan fingerprint density at radius 1 is 0.971 bits per heavy atom. The van der Waals surface area contributed by atoms with Gasteiger partial charge in [0.1, 0.15) is 23.5 Å². The zero-order chi connectivity index (χ0) is 23.8. The first-order valence-electron chi connectivity index (χ1n) is 9.99. The van der Waals surface area contributed by atoms with Crippen LogP contribution < -0.4 is 5.32 Å². The van der Waals surface area contributed by atoms with Gasteiger partial charge in [-0.1, -0.05) is 0 Å². The zero-order valence-corrected chi connectivity index (χ0v) is 17.5. The van der Waals surface area contributed by atoms with E-state index in [4.69, 9.17) is 0 Å². The van der Waals surface area contributed by atoms with Crippen LogP contribution in [0.25, 0.3) is 22.7 Å². The molecule has 171 valence electrons. The molecule has 0 aliphatic rings. The highest BCUT2D eigenvalue weighted by Crippen LogP contribution is 2.28. The largest absolute Gasteiger partial charge is 0.339 e. The predicted molar refractivity (Wildman–Crippen MR) is 115 cm³/mol. The van der Waals surface area contributed by atoms with Crippen LogP contribution in [0.15, 0.2) is 54.9 Å². The molecule has 34 heavy (non-hydrogen) atoms. The van der Waals surface area contributed by atoms with Crippen LogP contribution in [0.3, 0.4) is 0 Å². The lowest BCUT2D eigenvalue weighted by atomic mass is 10.2. The van der Waals surface area contributed by atoms with Crippen LogP contribution in [-0.2, 0) is 0 Å². The molecule has 0 atom stereocenters. The molecular formula is C22H15F4N8. The summed E-state index contributed by atoms with van der Waals surface area (Å²) in [7, 11) is 0. The lowest BCUT2D eigenvalue weighted by Crippen LogP contribution is -2.07. The van der Waals surface area contributed by atoms with Crippen molar-refractivity contribution < 1.29 is 17.6 Å². The van der Waals surface area contributed by atoms with Gasteiger partial charge >= 0.3 is 0 Å². The molecule has 12 heteroatoms. The minimum atomic E-state index is -3.02. The predicted octanol–water partition coefficient (Wildman–Crippen LogP) is 5.12. The fourth-order valence-electron chi connectivity index (χ4n) is 3.34. The van der Waals surface area contributed by atoms with Crippen molar-refractivity contribution >= 4 is 22.5 Å². The maximum Gasteiger partial charge on any atom is 0.282 e. The molecule has 1 aromatic carbocycles. The Hall–Kier alpha value is -4.35. The molecule has 0 saturated carbocycles. The number of hydrogen-bond acceptors (Lipinski definition) is 6. The summed E-state index contributed by atoms with van der Waals surface area (Å²) in [5.74, 6) is 0.764. The molecule has 0 spiro atoms. The Kier molecular flexibility index (Phi) is 5.40. The summed E-state index contributed by atoms with van der Waals surface area (Å²) in [6.45, 7) is 1.84. The van der Waals surface area contributed by atoms with Crippen LogP contribution >= 0.6 is 0 Å². The van der Waals surface area contributed by atoms with E-state index in [0.717, 1.165) is 11.4 Å². The highest BCUT2D eigenvalue weighted by molar-refractivity contribution is 5.81. The van der Waals surface area contributed by atoms with Crippen LogP contribution in [0.2, 0.25) is 0 Å². The Balaban J connectivity index is 1.49. The minimum Gasteiger partial charge on any atom is -0.339 e. The number of nitrogens with zero attached hydrogens (tertiary/aromatic N) is 7. The molecular weight excluding hydrogens is 452 g/mol. The third-order valence-electron chi connectivity index (χ3n) is 4.93. The smallest absolute Gasteiger partial charge is 0.282 e. The van der Waals surface area contributed by atoms with Crippen molar-refractivity contribution in [2.75, 3.05) is 5.32 Å². The number of imidazole rings is 1. The molecule has 5 aromatic rings. The molecule has 1 radical (unpaired) electrons. The van der Waals surface area contributed by atoms with Gasteiger partial charge in [-0.2, -0.15) is 10.2 Å². The lowest BCUT2D eigenvalue weighted by Gasteiger charge is -2.09. The summed E-state index contributed by atoms with van der Waals surface area (Å²) >= 11 is 0. The molecule has 0 bridgehead atoms. The van der Waals surface area contributed by atoms with Crippen LogP contribution in [0, 0.1) is 13.0 Å². The molecule has 0 aliphatic carbocycles. The summed E-state index contributed by atoms with van der Waals surface area (Å²) in [6, 6.07) is 15.5. The van der Waals surface area contributed by atoms with Gasteiger partial charge in [0.2, 0.25) is 0 Å². The Morgan fingerprint density at radius 3 is 2.56 bits per heavy atom. The van der Waals surface area contributed by atoms with E-state index >= 15 is 0 Å². The van der Waals surface area contributed by atoms with E-state index < -0.39 is 24.2 Å². The van der Waals surface area contributed by atoms with Gasteiger partial charge in [0.15, 0.2) is 11.6 Å². The van der Waals surface area contributed by atoms with E-state index in [1.807, 2.05) is 19.1 Å². The molecule has 0 unspecified atom stereocenters. The van der Waals surface area contributed by atoms with Gasteiger partial charge in [0.25, 0.3) is 12.9 Å². The van der Waals surface area contributed by atoms with E-state index in [1.54, 1.807) is 28.8 Å². The lowest BCUT2D eigenvalue weighted by molar-refractivity contribution is 0.142. The van der Waals surface area contributed by atoms with Gasteiger partial charge in [-0.05, 0) is 55.5 Å². The van der Waals surface area contributed by atoms with Gasteiger partial charge in [0.05, 0.1) is 16.7 Å². The van der Waals surface area contributed by atoms with Gasteiger partial charge in [0, 0.05) is 11.8 Å². The third kappa shape index (κ3) is 4.05. The van der Waals surface area contributed by atoms with Crippen molar-refractivity contribution in [3.63, 3.8) is 0 Å². The van der Waals surface area contributed by atoms with Gasteiger partial charge in [-0.15, -0.1) is 5.10 Å². The number of halogens is 4. The molecule has 0 aliphatic heterocycles. The maximum atomic E-state index is 13.4. The fourth-order valence-corrected chi connectivity index (χ4v) is 3.34. The van der Waals surface area contributed by atoms with E-state index in [-0.39, 0.29) is 5.82 Å². The summed E-state index contributed by atoms with van der Waals surface area (Å²) in [5.41, 5.74) is 1.40. The highest BCUT2D eigenvalue weighted by atomic mass is 19.3. The van der Waals surface area contributed by atoms with E-state index in [0.29, 0.717) is 33.4 Å². The number of aromatic nitrogens is 7. The quantitative estimate of drug-likeness (QED) is 0.349. The Morgan fingerprint density at radius 2 is 1.82 bits per heavy atom. The van der Waals surface area contributed by atoms with Crippen molar-refractivity contribution in [3.05, 3.63) is 78.0 Å². The molecule has 4 heterocycles. The van der Waals surface area contributed by atoms with E-state index in [9.17, 15) is 17.6 Å². The van der Waals surface area contributed by atoms with Crippen molar-refractivity contribution in [3.8, 4) is 11.6 Å². The van der Waals surface area contributed by atoms with Crippen LogP contribution in [0.4, 0.5) is 29.1 Å². The van der Waals surface area contributed by atoms with Crippen molar-refractivity contribution in [2.45, 2.75) is 19.8 Å². The number of benzene rings is 1. The van der Waals surface area contributed by atoms with Gasteiger partial charge in [-0.3, -0.25) is 4.57 Å². The molecule has 1 N–H and O–H groups in total. The van der Waals surface area contributed by atoms with Gasteiger partial charge < -0.3 is 5.32 Å². The third-order valence-corrected chi connectivity index (χ3v) is 4.93. The monoisotopic (exact) mass is 467 g/mol. The van der Waals surface area contributed by atoms with E-state index in [1.165, 1.54) is 12.4 Å². The van der Waals surface area contributed by atoms with Crippen LogP contribution in [0.1, 0.15) is 29.9 Å². The zero-order valence-electron chi connectivity index (χ0n) is 17.5. The molecule has 8 nitrogen and oxygen atoms in total. The summed E-state index contributed by atoms with van der Waals surface area (Å²) < 4.78 is 55.2. The first-order chi connectivity index (χ1) is 16.4. The second-order valence-corrected chi connectivity index (χ2v) is 7.28. The maximum absolute atomic E-state index is 13.4. The van der Waals surface area contributed by atoms with Crippen molar-refractivity contribution in [2.24, 2.45) is 0 Å². The Bertz CT molecular complexity index is 1460. The van der Waals surface area contributed by atoms with Gasteiger partial charge in [-0.25, -0.2) is 32.2 Å². The number of rotatable bonds is 6. The number of pyridine rings is 1. The Labute approximate surface area is 189 Å². The first kappa shape index (κ1) is 21.5. The minimum absolute atomic E-state index is 0.141. The molecule has 5 rings (SSSR count). The average molecular weight is 467 g/mol. The molecule has 0 saturated heterocycles.